The number of amides is 1. The van der Waals surface area contributed by atoms with E-state index in [2.05, 4.69) is 10.6 Å². The Morgan fingerprint density at radius 2 is 2.25 bits per heavy atom. The molecule has 1 amide bonds. The lowest BCUT2D eigenvalue weighted by atomic mass is 10.0. The standard InChI is InChI=1S/C12H24N2O2/c1-12(2,16-3)9-14-11(15)8-10-6-4-5-7-13-10/h10,13H,4-9H2,1-3H3,(H,14,15). The van der Waals surface area contributed by atoms with Crippen LogP contribution in [0.2, 0.25) is 0 Å². The first kappa shape index (κ1) is 13.5. The van der Waals surface area contributed by atoms with Gasteiger partial charge in [-0.15, -0.1) is 0 Å². The molecule has 0 aromatic rings. The van der Waals surface area contributed by atoms with Crippen LogP contribution in [0.3, 0.4) is 0 Å². The Morgan fingerprint density at radius 1 is 1.50 bits per heavy atom. The lowest BCUT2D eigenvalue weighted by Gasteiger charge is -2.25. The van der Waals surface area contributed by atoms with Gasteiger partial charge in [-0.2, -0.15) is 0 Å². The molecule has 1 aliphatic rings. The van der Waals surface area contributed by atoms with E-state index in [1.807, 2.05) is 13.8 Å². The molecule has 0 aromatic heterocycles. The van der Waals surface area contributed by atoms with Gasteiger partial charge in [-0.25, -0.2) is 0 Å². The third kappa shape index (κ3) is 4.94. The van der Waals surface area contributed by atoms with Gasteiger partial charge < -0.3 is 15.4 Å². The van der Waals surface area contributed by atoms with Gasteiger partial charge in [0.25, 0.3) is 0 Å². The van der Waals surface area contributed by atoms with Crippen LogP contribution in [0.25, 0.3) is 0 Å². The number of ether oxygens (including phenoxy) is 1. The number of nitrogens with one attached hydrogen (secondary N) is 2. The maximum atomic E-state index is 11.7. The van der Waals surface area contributed by atoms with E-state index in [1.165, 1.54) is 12.8 Å². The smallest absolute Gasteiger partial charge is 0.221 e. The molecule has 0 aromatic carbocycles. The molecule has 0 aliphatic carbocycles. The maximum absolute atomic E-state index is 11.7. The van der Waals surface area contributed by atoms with Crippen molar-refractivity contribution >= 4 is 5.91 Å². The summed E-state index contributed by atoms with van der Waals surface area (Å²) in [6, 6.07) is 0.361. The minimum Gasteiger partial charge on any atom is -0.377 e. The zero-order valence-electron chi connectivity index (χ0n) is 10.6. The number of rotatable bonds is 5. The summed E-state index contributed by atoms with van der Waals surface area (Å²) >= 11 is 0. The van der Waals surface area contributed by atoms with Gasteiger partial charge in [-0.3, -0.25) is 4.79 Å². The molecule has 1 fully saturated rings. The van der Waals surface area contributed by atoms with Crippen LogP contribution >= 0.6 is 0 Å². The Balaban J connectivity index is 2.19. The van der Waals surface area contributed by atoms with E-state index in [9.17, 15) is 4.79 Å². The van der Waals surface area contributed by atoms with Crippen LogP contribution in [0, 0.1) is 0 Å². The fourth-order valence-corrected chi connectivity index (χ4v) is 1.78. The normalized spacial score (nSPS) is 21.8. The highest BCUT2D eigenvalue weighted by atomic mass is 16.5. The van der Waals surface area contributed by atoms with Crippen LogP contribution in [0.1, 0.15) is 39.5 Å². The van der Waals surface area contributed by atoms with Gasteiger partial charge in [0.05, 0.1) is 5.60 Å². The second-order valence-electron chi connectivity index (χ2n) is 5.09. The second kappa shape index (κ2) is 6.21. The highest BCUT2D eigenvalue weighted by Crippen LogP contribution is 2.10. The molecule has 4 nitrogen and oxygen atoms in total. The van der Waals surface area contributed by atoms with Gasteiger partial charge in [0, 0.05) is 26.1 Å². The Morgan fingerprint density at radius 3 is 2.81 bits per heavy atom. The number of methoxy groups -OCH3 is 1. The fourth-order valence-electron chi connectivity index (χ4n) is 1.78. The van der Waals surface area contributed by atoms with E-state index in [4.69, 9.17) is 4.74 Å². The van der Waals surface area contributed by atoms with E-state index in [0.29, 0.717) is 19.0 Å². The van der Waals surface area contributed by atoms with E-state index in [1.54, 1.807) is 7.11 Å². The molecular weight excluding hydrogens is 204 g/mol. The summed E-state index contributed by atoms with van der Waals surface area (Å²) in [5.74, 6) is 0.115. The molecule has 0 spiro atoms. The predicted octanol–water partition coefficient (Wildman–Crippen LogP) is 1.06. The van der Waals surface area contributed by atoms with Crippen molar-refractivity contribution in [1.29, 1.82) is 0 Å². The van der Waals surface area contributed by atoms with Crippen LogP contribution < -0.4 is 10.6 Å². The fraction of sp³-hybridized carbons (Fsp3) is 0.917. The molecule has 0 bridgehead atoms. The molecule has 0 saturated carbocycles. The average molecular weight is 228 g/mol. The van der Waals surface area contributed by atoms with Crippen LogP contribution in [-0.4, -0.2) is 37.7 Å². The van der Waals surface area contributed by atoms with Crippen molar-refractivity contribution in [3.8, 4) is 0 Å². The lowest BCUT2D eigenvalue weighted by molar-refractivity contribution is -0.123. The number of piperidine rings is 1. The Hall–Kier alpha value is -0.610. The first-order chi connectivity index (χ1) is 7.53. The van der Waals surface area contributed by atoms with Gasteiger partial charge in [-0.05, 0) is 33.2 Å². The van der Waals surface area contributed by atoms with E-state index >= 15 is 0 Å². The Labute approximate surface area is 98.1 Å². The number of carbonyl (C=O) groups is 1. The van der Waals surface area contributed by atoms with Gasteiger partial charge in [0.15, 0.2) is 0 Å². The minimum absolute atomic E-state index is 0.115. The van der Waals surface area contributed by atoms with Crippen molar-refractivity contribution in [1.82, 2.24) is 10.6 Å². The first-order valence-electron chi connectivity index (χ1n) is 6.09. The van der Waals surface area contributed by atoms with Crippen molar-refractivity contribution in [3.05, 3.63) is 0 Å². The third-order valence-electron chi connectivity index (χ3n) is 3.11. The summed E-state index contributed by atoms with van der Waals surface area (Å²) in [7, 11) is 1.66. The van der Waals surface area contributed by atoms with Crippen molar-refractivity contribution in [3.63, 3.8) is 0 Å². The van der Waals surface area contributed by atoms with Crippen LogP contribution in [0.15, 0.2) is 0 Å². The SMILES string of the molecule is COC(C)(C)CNC(=O)CC1CCCCN1. The van der Waals surface area contributed by atoms with Crippen molar-refractivity contribution in [2.24, 2.45) is 0 Å². The molecule has 1 atom stereocenters. The first-order valence-corrected chi connectivity index (χ1v) is 6.09. The van der Waals surface area contributed by atoms with E-state index in [0.717, 1.165) is 13.0 Å². The third-order valence-corrected chi connectivity index (χ3v) is 3.11. The molecule has 0 radical (unpaired) electrons. The Kier molecular flexibility index (Phi) is 5.22. The highest BCUT2D eigenvalue weighted by Gasteiger charge is 2.20. The molecule has 16 heavy (non-hydrogen) atoms. The lowest BCUT2D eigenvalue weighted by Crippen LogP contribution is -2.43. The van der Waals surface area contributed by atoms with Gasteiger partial charge in [0.1, 0.15) is 0 Å². The summed E-state index contributed by atoms with van der Waals surface area (Å²) in [6.45, 7) is 5.54. The molecular formula is C12H24N2O2. The molecule has 1 saturated heterocycles. The quantitative estimate of drug-likeness (QED) is 0.740. The summed E-state index contributed by atoms with van der Waals surface area (Å²) < 4.78 is 5.25. The summed E-state index contributed by atoms with van der Waals surface area (Å²) in [5.41, 5.74) is -0.282. The van der Waals surface area contributed by atoms with Crippen LogP contribution in [-0.2, 0) is 9.53 Å². The monoisotopic (exact) mass is 228 g/mol. The van der Waals surface area contributed by atoms with Crippen molar-refractivity contribution in [2.75, 3.05) is 20.2 Å². The van der Waals surface area contributed by atoms with Crippen molar-refractivity contribution in [2.45, 2.75) is 51.2 Å². The summed E-state index contributed by atoms with van der Waals surface area (Å²) in [6.07, 6.45) is 4.16. The van der Waals surface area contributed by atoms with Crippen molar-refractivity contribution < 1.29 is 9.53 Å². The molecule has 2 N–H and O–H groups in total. The number of hydrogen-bond acceptors (Lipinski definition) is 3. The maximum Gasteiger partial charge on any atom is 0.221 e. The zero-order valence-corrected chi connectivity index (χ0v) is 10.6. The molecule has 1 rings (SSSR count). The summed E-state index contributed by atoms with van der Waals surface area (Å²) in [4.78, 5) is 11.7. The van der Waals surface area contributed by atoms with Crippen LogP contribution in [0.4, 0.5) is 0 Å². The topological polar surface area (TPSA) is 50.4 Å². The van der Waals surface area contributed by atoms with Gasteiger partial charge in [-0.1, -0.05) is 6.42 Å². The molecule has 1 unspecified atom stereocenters. The highest BCUT2D eigenvalue weighted by molar-refractivity contribution is 5.76. The van der Waals surface area contributed by atoms with E-state index < -0.39 is 0 Å². The number of hydrogen-bond donors (Lipinski definition) is 2. The van der Waals surface area contributed by atoms with Gasteiger partial charge >= 0.3 is 0 Å². The van der Waals surface area contributed by atoms with E-state index in [-0.39, 0.29) is 11.5 Å². The predicted molar refractivity (Wildman–Crippen MR) is 64.4 cm³/mol. The molecule has 1 heterocycles. The molecule has 94 valence electrons. The molecule has 1 aliphatic heterocycles. The zero-order chi connectivity index (χ0) is 12.0. The average Bonchev–Trinajstić information content (AvgIpc) is 2.28. The van der Waals surface area contributed by atoms with Gasteiger partial charge in [0.2, 0.25) is 5.91 Å². The largest absolute Gasteiger partial charge is 0.377 e. The summed E-state index contributed by atoms with van der Waals surface area (Å²) in [5, 5.41) is 6.29. The second-order valence-corrected chi connectivity index (χ2v) is 5.09. The minimum atomic E-state index is -0.282. The van der Waals surface area contributed by atoms with Crippen LogP contribution in [0.5, 0.6) is 0 Å². The Bertz CT molecular complexity index is 223. The molecule has 4 heteroatoms. The number of carbonyl (C=O) groups excluding carboxylic acids is 1.